The second-order valence-corrected chi connectivity index (χ2v) is 5.23. The number of hydrogen-bond acceptors (Lipinski definition) is 4. The van der Waals surface area contributed by atoms with E-state index < -0.39 is 0 Å². The van der Waals surface area contributed by atoms with Crippen molar-refractivity contribution in [3.8, 4) is 5.75 Å². The highest BCUT2D eigenvalue weighted by Gasteiger charge is 2.34. The van der Waals surface area contributed by atoms with Crippen LogP contribution in [0.2, 0.25) is 0 Å². The molecule has 0 spiro atoms. The SMILES string of the molecule is CCOc1ccc(C2C(N)CCC(=O)N2CCOC)cc1. The lowest BCUT2D eigenvalue weighted by atomic mass is 9.90. The van der Waals surface area contributed by atoms with Crippen molar-refractivity contribution in [1.82, 2.24) is 4.90 Å². The van der Waals surface area contributed by atoms with Gasteiger partial charge < -0.3 is 20.1 Å². The van der Waals surface area contributed by atoms with Gasteiger partial charge in [0.05, 0.1) is 19.3 Å². The molecule has 1 saturated heterocycles. The number of nitrogens with two attached hydrogens (primary N) is 1. The second-order valence-electron chi connectivity index (χ2n) is 5.23. The molecule has 2 unspecified atom stereocenters. The number of piperidine rings is 1. The number of benzene rings is 1. The van der Waals surface area contributed by atoms with Gasteiger partial charge >= 0.3 is 0 Å². The minimum atomic E-state index is -0.0860. The van der Waals surface area contributed by atoms with Crippen molar-refractivity contribution in [2.45, 2.75) is 31.8 Å². The number of carbonyl (C=O) groups excluding carboxylic acids is 1. The van der Waals surface area contributed by atoms with Crippen LogP contribution in [-0.2, 0) is 9.53 Å². The molecule has 0 radical (unpaired) electrons. The van der Waals surface area contributed by atoms with Crippen molar-refractivity contribution in [3.63, 3.8) is 0 Å². The first kappa shape index (κ1) is 15.8. The Morgan fingerprint density at radius 3 is 2.67 bits per heavy atom. The number of nitrogens with zero attached hydrogens (tertiary/aromatic N) is 1. The number of hydrogen-bond donors (Lipinski definition) is 1. The first-order valence-corrected chi connectivity index (χ1v) is 7.44. The van der Waals surface area contributed by atoms with Gasteiger partial charge in [0.25, 0.3) is 0 Å². The van der Waals surface area contributed by atoms with E-state index in [2.05, 4.69) is 0 Å². The molecule has 2 rings (SSSR count). The van der Waals surface area contributed by atoms with Crippen LogP contribution < -0.4 is 10.5 Å². The summed E-state index contributed by atoms with van der Waals surface area (Å²) in [6, 6.07) is 7.72. The minimum absolute atomic E-state index is 0.0440. The summed E-state index contributed by atoms with van der Waals surface area (Å²) in [6.07, 6.45) is 1.23. The quantitative estimate of drug-likeness (QED) is 0.867. The summed E-state index contributed by atoms with van der Waals surface area (Å²) in [5.74, 6) is 0.980. The lowest BCUT2D eigenvalue weighted by Crippen LogP contribution is -2.49. The number of amides is 1. The molecule has 5 nitrogen and oxygen atoms in total. The number of methoxy groups -OCH3 is 1. The minimum Gasteiger partial charge on any atom is -0.494 e. The van der Waals surface area contributed by atoms with E-state index in [0.29, 0.717) is 26.2 Å². The zero-order chi connectivity index (χ0) is 15.2. The Bertz CT molecular complexity index is 461. The highest BCUT2D eigenvalue weighted by Crippen LogP contribution is 2.31. The van der Waals surface area contributed by atoms with E-state index in [1.54, 1.807) is 7.11 Å². The van der Waals surface area contributed by atoms with Crippen molar-refractivity contribution in [1.29, 1.82) is 0 Å². The van der Waals surface area contributed by atoms with Crippen molar-refractivity contribution >= 4 is 5.91 Å². The zero-order valence-corrected chi connectivity index (χ0v) is 12.7. The Morgan fingerprint density at radius 1 is 1.33 bits per heavy atom. The van der Waals surface area contributed by atoms with Crippen LogP contribution >= 0.6 is 0 Å². The van der Waals surface area contributed by atoms with Crippen LogP contribution in [-0.4, -0.2) is 43.7 Å². The predicted molar refractivity (Wildman–Crippen MR) is 81.2 cm³/mol. The van der Waals surface area contributed by atoms with Crippen LogP contribution in [0.15, 0.2) is 24.3 Å². The van der Waals surface area contributed by atoms with Gasteiger partial charge in [-0.15, -0.1) is 0 Å². The van der Waals surface area contributed by atoms with Gasteiger partial charge in [-0.05, 0) is 31.0 Å². The molecule has 5 heteroatoms. The fraction of sp³-hybridized carbons (Fsp3) is 0.562. The zero-order valence-electron chi connectivity index (χ0n) is 12.7. The Kier molecular flexibility index (Phi) is 5.59. The largest absolute Gasteiger partial charge is 0.494 e. The maximum Gasteiger partial charge on any atom is 0.223 e. The molecule has 2 N–H and O–H groups in total. The van der Waals surface area contributed by atoms with Crippen LogP contribution in [0, 0.1) is 0 Å². The van der Waals surface area contributed by atoms with Gasteiger partial charge in [0.2, 0.25) is 5.91 Å². The molecule has 116 valence electrons. The van der Waals surface area contributed by atoms with Gasteiger partial charge in [-0.1, -0.05) is 12.1 Å². The summed E-state index contributed by atoms with van der Waals surface area (Å²) in [5.41, 5.74) is 7.32. The van der Waals surface area contributed by atoms with Gasteiger partial charge in [0.15, 0.2) is 0 Å². The third kappa shape index (κ3) is 3.74. The molecule has 0 bridgehead atoms. The normalized spacial score (nSPS) is 22.4. The van der Waals surface area contributed by atoms with Crippen LogP contribution in [0.25, 0.3) is 0 Å². The molecule has 1 aromatic rings. The molecule has 0 saturated carbocycles. The average Bonchev–Trinajstić information content (AvgIpc) is 2.49. The molecule has 21 heavy (non-hydrogen) atoms. The maximum absolute atomic E-state index is 12.2. The van der Waals surface area contributed by atoms with Crippen LogP contribution in [0.1, 0.15) is 31.4 Å². The lowest BCUT2D eigenvalue weighted by molar-refractivity contribution is -0.138. The first-order valence-electron chi connectivity index (χ1n) is 7.44. The monoisotopic (exact) mass is 292 g/mol. The van der Waals surface area contributed by atoms with E-state index >= 15 is 0 Å². The molecule has 1 heterocycles. The van der Waals surface area contributed by atoms with E-state index in [9.17, 15) is 4.79 Å². The number of ether oxygens (including phenoxy) is 2. The van der Waals surface area contributed by atoms with E-state index in [0.717, 1.165) is 17.7 Å². The Morgan fingerprint density at radius 2 is 2.05 bits per heavy atom. The number of likely N-dealkylation sites (tertiary alicyclic amines) is 1. The Balaban J connectivity index is 2.20. The highest BCUT2D eigenvalue weighted by molar-refractivity contribution is 5.78. The third-order valence-electron chi connectivity index (χ3n) is 3.82. The smallest absolute Gasteiger partial charge is 0.223 e. The van der Waals surface area contributed by atoms with E-state index in [-0.39, 0.29) is 18.0 Å². The summed E-state index contributed by atoms with van der Waals surface area (Å²) < 4.78 is 10.6. The van der Waals surface area contributed by atoms with Gasteiger partial charge in [0, 0.05) is 26.1 Å². The van der Waals surface area contributed by atoms with Gasteiger partial charge in [0.1, 0.15) is 5.75 Å². The van der Waals surface area contributed by atoms with Crippen molar-refractivity contribution in [3.05, 3.63) is 29.8 Å². The van der Waals surface area contributed by atoms with E-state index in [4.69, 9.17) is 15.2 Å². The number of carbonyl (C=O) groups is 1. The molecular formula is C16H24N2O3. The molecule has 2 atom stereocenters. The lowest BCUT2D eigenvalue weighted by Gasteiger charge is -2.40. The van der Waals surface area contributed by atoms with Gasteiger partial charge in [-0.3, -0.25) is 4.79 Å². The predicted octanol–water partition coefficient (Wildman–Crippen LogP) is 1.72. The standard InChI is InChI=1S/C16H24N2O3/c1-3-21-13-6-4-12(5-7-13)16-14(17)8-9-15(19)18(16)10-11-20-2/h4-7,14,16H,3,8-11,17H2,1-2H3. The number of rotatable bonds is 6. The molecule has 1 aromatic carbocycles. The van der Waals surface area contributed by atoms with Crippen molar-refractivity contribution in [2.24, 2.45) is 5.73 Å². The molecule has 0 aliphatic carbocycles. The Labute approximate surface area is 126 Å². The van der Waals surface area contributed by atoms with Gasteiger partial charge in [-0.25, -0.2) is 0 Å². The van der Waals surface area contributed by atoms with E-state index in [1.807, 2.05) is 36.1 Å². The summed E-state index contributed by atoms with van der Waals surface area (Å²) >= 11 is 0. The third-order valence-corrected chi connectivity index (χ3v) is 3.82. The van der Waals surface area contributed by atoms with Crippen LogP contribution in [0.3, 0.4) is 0 Å². The molecular weight excluding hydrogens is 268 g/mol. The fourth-order valence-corrected chi connectivity index (χ4v) is 2.79. The van der Waals surface area contributed by atoms with Crippen molar-refractivity contribution in [2.75, 3.05) is 26.9 Å². The molecule has 1 aliphatic rings. The molecule has 1 amide bonds. The van der Waals surface area contributed by atoms with Gasteiger partial charge in [-0.2, -0.15) is 0 Å². The average molecular weight is 292 g/mol. The van der Waals surface area contributed by atoms with Crippen LogP contribution in [0.4, 0.5) is 0 Å². The summed E-state index contributed by atoms with van der Waals surface area (Å²) in [4.78, 5) is 14.0. The van der Waals surface area contributed by atoms with Crippen LogP contribution in [0.5, 0.6) is 5.75 Å². The maximum atomic E-state index is 12.2. The summed E-state index contributed by atoms with van der Waals surface area (Å²) in [5, 5.41) is 0. The van der Waals surface area contributed by atoms with E-state index in [1.165, 1.54) is 0 Å². The molecule has 0 aromatic heterocycles. The Hall–Kier alpha value is -1.59. The first-order chi connectivity index (χ1) is 10.2. The summed E-state index contributed by atoms with van der Waals surface area (Å²) in [6.45, 7) is 3.68. The second kappa shape index (κ2) is 7.43. The molecule has 1 fully saturated rings. The highest BCUT2D eigenvalue weighted by atomic mass is 16.5. The fourth-order valence-electron chi connectivity index (χ4n) is 2.79. The topological polar surface area (TPSA) is 64.8 Å². The van der Waals surface area contributed by atoms with Crippen molar-refractivity contribution < 1.29 is 14.3 Å². The molecule has 1 aliphatic heterocycles. The summed E-state index contributed by atoms with van der Waals surface area (Å²) in [7, 11) is 1.64.